The lowest BCUT2D eigenvalue weighted by Crippen LogP contribution is -2.41. The largest absolute Gasteiger partial charge is 0.388 e. The van der Waals surface area contributed by atoms with Gasteiger partial charge in [0.2, 0.25) is 0 Å². The molecule has 1 rings (SSSR count). The third-order valence-electron chi connectivity index (χ3n) is 3.34. The van der Waals surface area contributed by atoms with E-state index in [1.807, 2.05) is 45.9 Å². The van der Waals surface area contributed by atoms with E-state index in [-0.39, 0.29) is 9.86 Å². The number of carbonyl (C=O) groups is 1. The SMILES string of the molecule is C[C@H](C(=O)SC(C)(C)C)[C@@H](O)c1ccccc1[Si](C)(C)C. The van der Waals surface area contributed by atoms with Crippen molar-refractivity contribution >= 4 is 30.1 Å². The lowest BCUT2D eigenvalue weighted by atomic mass is 9.98. The smallest absolute Gasteiger partial charge is 0.195 e. The number of rotatable bonds is 4. The summed E-state index contributed by atoms with van der Waals surface area (Å²) in [5.41, 5.74) is 0.923. The molecule has 0 spiro atoms. The molecule has 2 nitrogen and oxygen atoms in total. The molecule has 21 heavy (non-hydrogen) atoms. The second-order valence-electron chi connectivity index (χ2n) is 7.60. The molecule has 0 saturated carbocycles. The van der Waals surface area contributed by atoms with Gasteiger partial charge in [-0.1, -0.05) is 88.6 Å². The van der Waals surface area contributed by atoms with Crippen molar-refractivity contribution in [1.82, 2.24) is 0 Å². The molecule has 0 saturated heterocycles. The number of carbonyl (C=O) groups excluding carboxylic acids is 1. The Kier molecular flexibility index (Phi) is 5.87. The summed E-state index contributed by atoms with van der Waals surface area (Å²) in [5, 5.41) is 12.0. The molecule has 0 aliphatic carbocycles. The summed E-state index contributed by atoms with van der Waals surface area (Å²) in [6.07, 6.45) is -0.727. The van der Waals surface area contributed by atoms with Crippen molar-refractivity contribution in [2.75, 3.05) is 0 Å². The molecule has 1 aromatic carbocycles. The quantitative estimate of drug-likeness (QED) is 0.852. The zero-order valence-electron chi connectivity index (χ0n) is 14.2. The number of thioether (sulfide) groups is 1. The molecule has 1 N–H and O–H groups in total. The molecular formula is C17H28O2SSi. The summed E-state index contributed by atoms with van der Waals surface area (Å²) >= 11 is 1.31. The van der Waals surface area contributed by atoms with E-state index in [1.165, 1.54) is 16.9 Å². The van der Waals surface area contributed by atoms with E-state index < -0.39 is 20.1 Å². The van der Waals surface area contributed by atoms with Crippen LogP contribution in [0.5, 0.6) is 0 Å². The van der Waals surface area contributed by atoms with E-state index in [9.17, 15) is 9.90 Å². The van der Waals surface area contributed by atoms with Crippen molar-refractivity contribution in [1.29, 1.82) is 0 Å². The average Bonchev–Trinajstić information content (AvgIpc) is 2.34. The zero-order chi connectivity index (χ0) is 16.4. The van der Waals surface area contributed by atoms with Gasteiger partial charge < -0.3 is 5.11 Å². The summed E-state index contributed by atoms with van der Waals surface area (Å²) in [6.45, 7) is 14.7. The number of hydrogen-bond donors (Lipinski definition) is 1. The Labute approximate surface area is 134 Å². The Morgan fingerprint density at radius 1 is 1.19 bits per heavy atom. The average molecular weight is 325 g/mol. The Morgan fingerprint density at radius 3 is 2.19 bits per heavy atom. The fourth-order valence-electron chi connectivity index (χ4n) is 2.23. The van der Waals surface area contributed by atoms with Crippen molar-refractivity contribution in [2.24, 2.45) is 5.92 Å². The lowest BCUT2D eigenvalue weighted by Gasteiger charge is -2.27. The first-order chi connectivity index (χ1) is 9.43. The summed E-state index contributed by atoms with van der Waals surface area (Å²) in [4.78, 5) is 12.3. The van der Waals surface area contributed by atoms with Crippen molar-refractivity contribution in [3.05, 3.63) is 29.8 Å². The van der Waals surface area contributed by atoms with Crippen LogP contribution in [0.25, 0.3) is 0 Å². The van der Waals surface area contributed by atoms with E-state index in [0.29, 0.717) is 0 Å². The first-order valence-electron chi connectivity index (χ1n) is 7.44. The van der Waals surface area contributed by atoms with Crippen LogP contribution in [0.15, 0.2) is 24.3 Å². The minimum Gasteiger partial charge on any atom is -0.388 e. The molecule has 0 unspecified atom stereocenters. The molecule has 1 aromatic rings. The third-order valence-corrected chi connectivity index (χ3v) is 6.60. The molecule has 0 fully saturated rings. The standard InChI is InChI=1S/C17H28O2SSi/c1-12(16(19)20-17(2,3)4)15(18)13-10-8-9-11-14(13)21(5,6)7/h8-12,15,18H,1-7H3/t12-,15+/m0/s1. The van der Waals surface area contributed by atoms with Gasteiger partial charge >= 0.3 is 0 Å². The van der Waals surface area contributed by atoms with E-state index in [4.69, 9.17) is 0 Å². The van der Waals surface area contributed by atoms with E-state index in [2.05, 4.69) is 25.7 Å². The molecule has 0 aliphatic heterocycles. The predicted molar refractivity (Wildman–Crippen MR) is 95.9 cm³/mol. The summed E-state index contributed by atoms with van der Waals surface area (Å²) in [7, 11) is -1.55. The van der Waals surface area contributed by atoms with Crippen LogP contribution in [0.2, 0.25) is 19.6 Å². The maximum Gasteiger partial charge on any atom is 0.195 e. The second kappa shape index (κ2) is 6.67. The highest BCUT2D eigenvalue weighted by Gasteiger charge is 2.31. The van der Waals surface area contributed by atoms with Crippen molar-refractivity contribution in [3.8, 4) is 0 Å². The predicted octanol–water partition coefficient (Wildman–Crippen LogP) is 3.96. The van der Waals surface area contributed by atoms with E-state index in [1.54, 1.807) is 0 Å². The molecule has 0 aliphatic rings. The number of aliphatic hydroxyl groups is 1. The summed E-state index contributed by atoms with van der Waals surface area (Å²) < 4.78 is -0.122. The zero-order valence-corrected chi connectivity index (χ0v) is 16.0. The van der Waals surface area contributed by atoms with Gasteiger partial charge in [0, 0.05) is 4.75 Å². The number of hydrogen-bond acceptors (Lipinski definition) is 3. The molecule has 2 atom stereocenters. The second-order valence-corrected chi connectivity index (χ2v) is 14.5. The number of benzene rings is 1. The van der Waals surface area contributed by atoms with Gasteiger partial charge in [-0.3, -0.25) is 4.79 Å². The van der Waals surface area contributed by atoms with Crippen LogP contribution in [0.1, 0.15) is 39.4 Å². The van der Waals surface area contributed by atoms with E-state index in [0.717, 1.165) is 5.56 Å². The van der Waals surface area contributed by atoms with Gasteiger partial charge in [-0.15, -0.1) is 0 Å². The van der Waals surface area contributed by atoms with Crippen LogP contribution in [0.4, 0.5) is 0 Å². The fourth-order valence-corrected chi connectivity index (χ4v) is 4.84. The summed E-state index contributed by atoms with van der Waals surface area (Å²) in [6, 6.07) is 8.01. The van der Waals surface area contributed by atoms with Crippen molar-refractivity contribution < 1.29 is 9.90 Å². The topological polar surface area (TPSA) is 37.3 Å². The third kappa shape index (κ3) is 5.27. The van der Waals surface area contributed by atoms with Crippen LogP contribution in [-0.4, -0.2) is 23.0 Å². The van der Waals surface area contributed by atoms with Crippen LogP contribution in [-0.2, 0) is 4.79 Å². The van der Waals surface area contributed by atoms with Crippen LogP contribution < -0.4 is 5.19 Å². The Balaban J connectivity index is 3.04. The van der Waals surface area contributed by atoms with Crippen LogP contribution >= 0.6 is 11.8 Å². The maximum atomic E-state index is 12.3. The first kappa shape index (κ1) is 18.5. The van der Waals surface area contributed by atoms with Crippen molar-refractivity contribution in [2.45, 2.75) is 58.2 Å². The van der Waals surface area contributed by atoms with Gasteiger partial charge in [-0.05, 0) is 5.56 Å². The Morgan fingerprint density at radius 2 is 1.71 bits per heavy atom. The van der Waals surface area contributed by atoms with Gasteiger partial charge in [0.05, 0.1) is 20.1 Å². The van der Waals surface area contributed by atoms with Gasteiger partial charge in [0.1, 0.15) is 0 Å². The van der Waals surface area contributed by atoms with Crippen LogP contribution in [0.3, 0.4) is 0 Å². The molecule has 0 radical (unpaired) electrons. The molecule has 4 heteroatoms. The normalized spacial score (nSPS) is 15.6. The van der Waals surface area contributed by atoms with Gasteiger partial charge in [-0.25, -0.2) is 0 Å². The molecule has 118 valence electrons. The number of aliphatic hydroxyl groups excluding tert-OH is 1. The maximum absolute atomic E-state index is 12.3. The molecule has 0 aromatic heterocycles. The Bertz CT molecular complexity index is 500. The van der Waals surface area contributed by atoms with Gasteiger partial charge in [0.25, 0.3) is 0 Å². The minimum atomic E-state index is -1.55. The van der Waals surface area contributed by atoms with Gasteiger partial charge in [0.15, 0.2) is 5.12 Å². The Hall–Kier alpha value is -0.583. The minimum absolute atomic E-state index is 0.0559. The summed E-state index contributed by atoms with van der Waals surface area (Å²) in [5.74, 6) is -0.397. The monoisotopic (exact) mass is 324 g/mol. The molecular weight excluding hydrogens is 296 g/mol. The molecule has 0 amide bonds. The highest BCUT2D eigenvalue weighted by molar-refractivity contribution is 8.14. The fraction of sp³-hybridized carbons (Fsp3) is 0.588. The van der Waals surface area contributed by atoms with Gasteiger partial charge in [-0.2, -0.15) is 0 Å². The highest BCUT2D eigenvalue weighted by Crippen LogP contribution is 2.32. The van der Waals surface area contributed by atoms with Crippen molar-refractivity contribution in [3.63, 3.8) is 0 Å². The molecule has 0 heterocycles. The first-order valence-corrected chi connectivity index (χ1v) is 11.8. The van der Waals surface area contributed by atoms with E-state index >= 15 is 0 Å². The highest BCUT2D eigenvalue weighted by atomic mass is 32.2. The lowest BCUT2D eigenvalue weighted by molar-refractivity contribution is -0.117. The molecule has 0 bridgehead atoms. The van der Waals surface area contributed by atoms with Crippen LogP contribution in [0, 0.1) is 5.92 Å².